The molecule has 0 aromatic heterocycles. The SMILES string of the molecule is CN(C)CCOc1ccc(-c2cccc(N)c2N)cc1. The number of nitrogens with two attached hydrogens (primary N) is 2. The molecule has 0 aliphatic carbocycles. The Kier molecular flexibility index (Phi) is 4.48. The van der Waals surface area contributed by atoms with Crippen molar-refractivity contribution in [2.24, 2.45) is 0 Å². The Labute approximate surface area is 120 Å². The number of likely N-dealkylation sites (N-methyl/N-ethyl adjacent to an activating group) is 1. The maximum Gasteiger partial charge on any atom is 0.119 e. The van der Waals surface area contributed by atoms with Crippen molar-refractivity contribution in [2.75, 3.05) is 38.7 Å². The molecule has 0 spiro atoms. The quantitative estimate of drug-likeness (QED) is 0.820. The first kappa shape index (κ1) is 14.2. The second kappa shape index (κ2) is 6.30. The van der Waals surface area contributed by atoms with E-state index >= 15 is 0 Å². The first-order chi connectivity index (χ1) is 9.58. The zero-order valence-corrected chi connectivity index (χ0v) is 12.0. The van der Waals surface area contributed by atoms with Gasteiger partial charge >= 0.3 is 0 Å². The number of ether oxygens (including phenoxy) is 1. The highest BCUT2D eigenvalue weighted by Gasteiger charge is 2.05. The van der Waals surface area contributed by atoms with Gasteiger partial charge in [0.15, 0.2) is 0 Å². The van der Waals surface area contributed by atoms with Gasteiger partial charge in [0.2, 0.25) is 0 Å². The molecule has 20 heavy (non-hydrogen) atoms. The van der Waals surface area contributed by atoms with Gasteiger partial charge in [0.1, 0.15) is 12.4 Å². The van der Waals surface area contributed by atoms with Crippen LogP contribution in [0, 0.1) is 0 Å². The van der Waals surface area contributed by atoms with Crippen LogP contribution in [0.3, 0.4) is 0 Å². The summed E-state index contributed by atoms with van der Waals surface area (Å²) in [7, 11) is 4.05. The van der Waals surface area contributed by atoms with Gasteiger partial charge in [0, 0.05) is 12.1 Å². The summed E-state index contributed by atoms with van der Waals surface area (Å²) in [6, 6.07) is 13.6. The molecule has 0 bridgehead atoms. The molecule has 0 fully saturated rings. The van der Waals surface area contributed by atoms with E-state index in [1.54, 1.807) is 6.07 Å². The van der Waals surface area contributed by atoms with Gasteiger partial charge in [-0.1, -0.05) is 24.3 Å². The van der Waals surface area contributed by atoms with Crippen LogP contribution in [0.4, 0.5) is 11.4 Å². The highest BCUT2D eigenvalue weighted by molar-refractivity contribution is 5.84. The Hall–Kier alpha value is -2.20. The number of anilines is 2. The zero-order valence-electron chi connectivity index (χ0n) is 12.0. The summed E-state index contributed by atoms with van der Waals surface area (Å²) in [6.07, 6.45) is 0. The van der Waals surface area contributed by atoms with Crippen molar-refractivity contribution in [3.8, 4) is 16.9 Å². The molecule has 0 saturated carbocycles. The molecule has 4 nitrogen and oxygen atoms in total. The standard InChI is InChI=1S/C16H21N3O/c1-19(2)10-11-20-13-8-6-12(7-9-13)14-4-3-5-15(17)16(14)18/h3-9H,10-11,17-18H2,1-2H3. The van der Waals surface area contributed by atoms with Gasteiger partial charge in [-0.05, 0) is 37.9 Å². The predicted octanol–water partition coefficient (Wildman–Crippen LogP) is 2.46. The fourth-order valence-corrected chi connectivity index (χ4v) is 1.91. The molecule has 0 atom stereocenters. The van der Waals surface area contributed by atoms with Crippen molar-refractivity contribution >= 4 is 11.4 Å². The van der Waals surface area contributed by atoms with E-state index < -0.39 is 0 Å². The third-order valence-electron chi connectivity index (χ3n) is 3.11. The van der Waals surface area contributed by atoms with Crippen molar-refractivity contribution in [1.82, 2.24) is 4.90 Å². The fraction of sp³-hybridized carbons (Fsp3) is 0.250. The molecule has 2 aromatic carbocycles. The lowest BCUT2D eigenvalue weighted by Gasteiger charge is -2.12. The molecule has 106 valence electrons. The minimum Gasteiger partial charge on any atom is -0.492 e. The molecule has 0 aliphatic heterocycles. The first-order valence-corrected chi connectivity index (χ1v) is 6.60. The molecule has 2 aromatic rings. The van der Waals surface area contributed by atoms with E-state index in [0.29, 0.717) is 18.0 Å². The van der Waals surface area contributed by atoms with Crippen LogP contribution in [0.15, 0.2) is 42.5 Å². The lowest BCUT2D eigenvalue weighted by atomic mass is 10.0. The molecule has 0 saturated heterocycles. The number of rotatable bonds is 5. The third-order valence-corrected chi connectivity index (χ3v) is 3.11. The Morgan fingerprint density at radius 2 is 1.70 bits per heavy atom. The largest absolute Gasteiger partial charge is 0.492 e. The number of nitrogen functional groups attached to an aromatic ring is 2. The zero-order chi connectivity index (χ0) is 14.5. The van der Waals surface area contributed by atoms with Crippen LogP contribution >= 0.6 is 0 Å². The highest BCUT2D eigenvalue weighted by atomic mass is 16.5. The van der Waals surface area contributed by atoms with Crippen molar-refractivity contribution < 1.29 is 4.74 Å². The summed E-state index contributed by atoms with van der Waals surface area (Å²) >= 11 is 0. The molecule has 0 unspecified atom stereocenters. The van der Waals surface area contributed by atoms with E-state index in [1.165, 1.54) is 0 Å². The van der Waals surface area contributed by atoms with Crippen LogP contribution in [0.5, 0.6) is 5.75 Å². The van der Waals surface area contributed by atoms with E-state index in [2.05, 4.69) is 4.90 Å². The summed E-state index contributed by atoms with van der Waals surface area (Å²) in [5.41, 5.74) is 15.0. The summed E-state index contributed by atoms with van der Waals surface area (Å²) in [5.74, 6) is 0.859. The van der Waals surface area contributed by atoms with Crippen LogP contribution in [0.25, 0.3) is 11.1 Å². The second-order valence-corrected chi connectivity index (χ2v) is 4.98. The van der Waals surface area contributed by atoms with Gasteiger partial charge in [-0.3, -0.25) is 0 Å². The smallest absolute Gasteiger partial charge is 0.119 e. The predicted molar refractivity (Wildman–Crippen MR) is 84.8 cm³/mol. The van der Waals surface area contributed by atoms with Gasteiger partial charge in [0.25, 0.3) is 0 Å². The highest BCUT2D eigenvalue weighted by Crippen LogP contribution is 2.30. The van der Waals surface area contributed by atoms with Crippen molar-refractivity contribution in [2.45, 2.75) is 0 Å². The van der Waals surface area contributed by atoms with Gasteiger partial charge in [-0.15, -0.1) is 0 Å². The summed E-state index contributed by atoms with van der Waals surface area (Å²) in [6.45, 7) is 1.57. The maximum absolute atomic E-state index is 6.00. The van der Waals surface area contributed by atoms with E-state index in [1.807, 2.05) is 50.5 Å². The Bertz CT molecular complexity index is 564. The Balaban J connectivity index is 2.10. The summed E-state index contributed by atoms with van der Waals surface area (Å²) in [5, 5.41) is 0. The first-order valence-electron chi connectivity index (χ1n) is 6.60. The molecule has 0 aliphatic rings. The number of nitrogens with zero attached hydrogens (tertiary/aromatic N) is 1. The lowest BCUT2D eigenvalue weighted by Crippen LogP contribution is -2.19. The van der Waals surface area contributed by atoms with Gasteiger partial charge in [-0.25, -0.2) is 0 Å². The molecular formula is C16H21N3O. The number of benzene rings is 2. The number of hydrogen-bond donors (Lipinski definition) is 2. The van der Waals surface area contributed by atoms with Gasteiger partial charge in [-0.2, -0.15) is 0 Å². The molecular weight excluding hydrogens is 250 g/mol. The molecule has 2 rings (SSSR count). The third kappa shape index (κ3) is 3.42. The van der Waals surface area contributed by atoms with Crippen molar-refractivity contribution in [3.05, 3.63) is 42.5 Å². The molecule has 4 heteroatoms. The van der Waals surface area contributed by atoms with E-state index in [0.717, 1.165) is 23.4 Å². The average Bonchev–Trinajstić information content (AvgIpc) is 2.42. The average molecular weight is 271 g/mol. The van der Waals surface area contributed by atoms with Gasteiger partial charge < -0.3 is 21.1 Å². The van der Waals surface area contributed by atoms with E-state index in [4.69, 9.17) is 16.2 Å². The topological polar surface area (TPSA) is 64.5 Å². The summed E-state index contributed by atoms with van der Waals surface area (Å²) < 4.78 is 5.66. The maximum atomic E-state index is 6.00. The minimum atomic E-state index is 0.605. The second-order valence-electron chi connectivity index (χ2n) is 4.98. The lowest BCUT2D eigenvalue weighted by molar-refractivity contribution is 0.261. The number of hydrogen-bond acceptors (Lipinski definition) is 4. The van der Waals surface area contributed by atoms with Crippen LogP contribution < -0.4 is 16.2 Å². The van der Waals surface area contributed by atoms with E-state index in [-0.39, 0.29) is 0 Å². The molecule has 0 amide bonds. The van der Waals surface area contributed by atoms with Crippen LogP contribution in [-0.4, -0.2) is 32.1 Å². The minimum absolute atomic E-state index is 0.605. The van der Waals surface area contributed by atoms with Crippen molar-refractivity contribution in [1.29, 1.82) is 0 Å². The molecule has 0 heterocycles. The van der Waals surface area contributed by atoms with E-state index in [9.17, 15) is 0 Å². The summed E-state index contributed by atoms with van der Waals surface area (Å²) in [4.78, 5) is 2.09. The van der Waals surface area contributed by atoms with Gasteiger partial charge in [0.05, 0.1) is 11.4 Å². The number of para-hydroxylation sites is 1. The fourth-order valence-electron chi connectivity index (χ4n) is 1.91. The Morgan fingerprint density at radius 1 is 1.00 bits per heavy atom. The van der Waals surface area contributed by atoms with Crippen LogP contribution in [-0.2, 0) is 0 Å². The molecule has 4 N–H and O–H groups in total. The van der Waals surface area contributed by atoms with Crippen LogP contribution in [0.1, 0.15) is 0 Å². The van der Waals surface area contributed by atoms with Crippen molar-refractivity contribution in [3.63, 3.8) is 0 Å². The monoisotopic (exact) mass is 271 g/mol. The normalized spacial score (nSPS) is 10.8. The Morgan fingerprint density at radius 3 is 2.35 bits per heavy atom. The molecule has 0 radical (unpaired) electrons. The van der Waals surface area contributed by atoms with Crippen LogP contribution in [0.2, 0.25) is 0 Å².